The fourth-order valence-corrected chi connectivity index (χ4v) is 3.52. The summed E-state index contributed by atoms with van der Waals surface area (Å²) in [6.45, 7) is 6.30. The normalized spacial score (nSPS) is 30.7. The van der Waals surface area contributed by atoms with Gasteiger partial charge in [0.2, 0.25) is 5.91 Å². The van der Waals surface area contributed by atoms with E-state index in [1.54, 1.807) is 0 Å². The highest BCUT2D eigenvalue weighted by molar-refractivity contribution is 5.81. The largest absolute Gasteiger partial charge is 0.341 e. The molecule has 1 aliphatic heterocycles. The molecule has 1 amide bonds. The van der Waals surface area contributed by atoms with E-state index in [1.807, 2.05) is 0 Å². The van der Waals surface area contributed by atoms with E-state index in [-0.39, 0.29) is 6.04 Å². The first-order chi connectivity index (χ1) is 9.18. The number of hydrogen-bond donors (Lipinski definition) is 1. The first kappa shape index (κ1) is 14.8. The van der Waals surface area contributed by atoms with Crippen LogP contribution in [-0.4, -0.2) is 36.0 Å². The van der Waals surface area contributed by atoms with Gasteiger partial charge in [-0.25, -0.2) is 0 Å². The van der Waals surface area contributed by atoms with Crippen LogP contribution < -0.4 is 5.32 Å². The van der Waals surface area contributed by atoms with Gasteiger partial charge < -0.3 is 10.2 Å². The minimum atomic E-state index is -0.0105. The Morgan fingerprint density at radius 1 is 1.05 bits per heavy atom. The van der Waals surface area contributed by atoms with Crippen LogP contribution in [0.4, 0.5) is 0 Å². The van der Waals surface area contributed by atoms with Crippen LogP contribution in [0.15, 0.2) is 0 Å². The highest BCUT2D eigenvalue weighted by atomic mass is 16.2. The van der Waals surface area contributed by atoms with Crippen LogP contribution in [0.3, 0.4) is 0 Å². The van der Waals surface area contributed by atoms with Gasteiger partial charge in [0.15, 0.2) is 0 Å². The van der Waals surface area contributed by atoms with Gasteiger partial charge in [0.25, 0.3) is 0 Å². The van der Waals surface area contributed by atoms with E-state index in [9.17, 15) is 4.79 Å². The van der Waals surface area contributed by atoms with Crippen molar-refractivity contribution >= 4 is 5.91 Å². The summed E-state index contributed by atoms with van der Waals surface area (Å²) in [6, 6.07) is 0.531. The lowest BCUT2D eigenvalue weighted by molar-refractivity contribution is -0.133. The number of hydrogen-bond acceptors (Lipinski definition) is 2. The Labute approximate surface area is 118 Å². The molecule has 1 saturated heterocycles. The molecule has 19 heavy (non-hydrogen) atoms. The summed E-state index contributed by atoms with van der Waals surface area (Å²) in [7, 11) is 0. The molecular weight excluding hydrogens is 236 g/mol. The molecule has 0 aromatic heterocycles. The van der Waals surface area contributed by atoms with Gasteiger partial charge in [-0.15, -0.1) is 0 Å². The molecule has 2 rings (SSSR count). The number of nitrogens with one attached hydrogen (secondary N) is 1. The maximum atomic E-state index is 12.5. The molecular formula is C16H30N2O. The van der Waals surface area contributed by atoms with Crippen molar-refractivity contribution in [2.24, 2.45) is 5.92 Å². The number of carbonyl (C=O) groups is 1. The summed E-state index contributed by atoms with van der Waals surface area (Å²) < 4.78 is 0. The Kier molecular flexibility index (Phi) is 5.68. The second-order valence-electron chi connectivity index (χ2n) is 6.50. The zero-order valence-electron chi connectivity index (χ0n) is 12.7. The zero-order chi connectivity index (χ0) is 13.7. The third-order valence-corrected chi connectivity index (χ3v) is 4.86. The van der Waals surface area contributed by atoms with Crippen LogP contribution in [0.1, 0.15) is 65.2 Å². The van der Waals surface area contributed by atoms with Crippen molar-refractivity contribution in [2.75, 3.05) is 13.1 Å². The second-order valence-corrected chi connectivity index (χ2v) is 6.50. The van der Waals surface area contributed by atoms with Crippen LogP contribution >= 0.6 is 0 Å². The highest BCUT2D eigenvalue weighted by Crippen LogP contribution is 2.24. The van der Waals surface area contributed by atoms with E-state index in [0.717, 1.165) is 13.1 Å². The smallest absolute Gasteiger partial charge is 0.239 e. The molecule has 0 aromatic rings. The van der Waals surface area contributed by atoms with Crippen LogP contribution in [-0.2, 0) is 4.79 Å². The zero-order valence-corrected chi connectivity index (χ0v) is 12.7. The van der Waals surface area contributed by atoms with Gasteiger partial charge in [0, 0.05) is 19.1 Å². The van der Waals surface area contributed by atoms with E-state index < -0.39 is 0 Å². The highest BCUT2D eigenvalue weighted by Gasteiger charge is 2.27. The molecule has 1 N–H and O–H groups in total. The molecule has 3 atom stereocenters. The number of carbonyl (C=O) groups excluding carboxylic acids is 1. The standard InChI is InChI=1S/C16H30N2O/c1-13-9-5-6-10-15(13)17-14(2)16(19)18-11-7-3-4-8-12-18/h13-15,17H,3-12H2,1-2H3. The van der Waals surface area contributed by atoms with Crippen LogP contribution in [0.2, 0.25) is 0 Å². The van der Waals surface area contributed by atoms with E-state index in [0.29, 0.717) is 17.9 Å². The van der Waals surface area contributed by atoms with Gasteiger partial charge >= 0.3 is 0 Å². The summed E-state index contributed by atoms with van der Waals surface area (Å²) in [5.74, 6) is 1.04. The van der Waals surface area contributed by atoms with Gasteiger partial charge in [-0.1, -0.05) is 32.6 Å². The monoisotopic (exact) mass is 266 g/mol. The van der Waals surface area contributed by atoms with Crippen LogP contribution in [0.25, 0.3) is 0 Å². The molecule has 0 radical (unpaired) electrons. The first-order valence-electron chi connectivity index (χ1n) is 8.23. The molecule has 3 nitrogen and oxygen atoms in total. The lowest BCUT2D eigenvalue weighted by atomic mass is 9.85. The fraction of sp³-hybridized carbons (Fsp3) is 0.938. The van der Waals surface area contributed by atoms with Gasteiger partial charge in [0.05, 0.1) is 6.04 Å². The minimum absolute atomic E-state index is 0.0105. The van der Waals surface area contributed by atoms with Crippen molar-refractivity contribution in [3.63, 3.8) is 0 Å². The quantitative estimate of drug-likeness (QED) is 0.852. The van der Waals surface area contributed by atoms with E-state index in [2.05, 4.69) is 24.1 Å². The van der Waals surface area contributed by atoms with E-state index in [4.69, 9.17) is 0 Å². The van der Waals surface area contributed by atoms with Crippen molar-refractivity contribution in [3.05, 3.63) is 0 Å². The first-order valence-corrected chi connectivity index (χ1v) is 8.23. The average Bonchev–Trinajstić information content (AvgIpc) is 2.69. The van der Waals surface area contributed by atoms with E-state index in [1.165, 1.54) is 51.4 Å². The number of nitrogens with zero attached hydrogens (tertiary/aromatic N) is 1. The molecule has 0 aromatic carbocycles. The van der Waals surface area contributed by atoms with E-state index >= 15 is 0 Å². The average molecular weight is 266 g/mol. The van der Waals surface area contributed by atoms with Crippen LogP contribution in [0, 0.1) is 5.92 Å². The number of amides is 1. The Balaban J connectivity index is 1.83. The van der Waals surface area contributed by atoms with Gasteiger partial charge in [-0.3, -0.25) is 4.79 Å². The molecule has 1 aliphatic carbocycles. The van der Waals surface area contributed by atoms with Crippen LogP contribution in [0.5, 0.6) is 0 Å². The third kappa shape index (κ3) is 4.20. The summed E-state index contributed by atoms with van der Waals surface area (Å²) in [4.78, 5) is 14.6. The van der Waals surface area contributed by atoms with Gasteiger partial charge in [-0.05, 0) is 38.5 Å². The Bertz CT molecular complexity index is 284. The van der Waals surface area contributed by atoms with Crippen molar-refractivity contribution in [3.8, 4) is 0 Å². The third-order valence-electron chi connectivity index (χ3n) is 4.86. The molecule has 0 bridgehead atoms. The predicted octanol–water partition coefficient (Wildman–Crippen LogP) is 2.95. The number of rotatable bonds is 3. The Hall–Kier alpha value is -0.570. The summed E-state index contributed by atoms with van der Waals surface area (Å²) >= 11 is 0. The minimum Gasteiger partial charge on any atom is -0.341 e. The van der Waals surface area contributed by atoms with Crippen molar-refractivity contribution in [1.82, 2.24) is 10.2 Å². The molecule has 2 aliphatic rings. The molecule has 2 fully saturated rings. The molecule has 3 unspecified atom stereocenters. The maximum Gasteiger partial charge on any atom is 0.239 e. The lowest BCUT2D eigenvalue weighted by Crippen LogP contribution is -2.50. The Morgan fingerprint density at radius 2 is 1.68 bits per heavy atom. The van der Waals surface area contributed by atoms with Crippen molar-refractivity contribution in [1.29, 1.82) is 0 Å². The summed E-state index contributed by atoms with van der Waals surface area (Å²) in [5.41, 5.74) is 0. The predicted molar refractivity (Wildman–Crippen MR) is 79.1 cm³/mol. The lowest BCUT2D eigenvalue weighted by Gasteiger charge is -2.33. The molecule has 110 valence electrons. The van der Waals surface area contributed by atoms with Gasteiger partial charge in [-0.2, -0.15) is 0 Å². The van der Waals surface area contributed by atoms with Crippen molar-refractivity contribution < 1.29 is 4.79 Å². The maximum absolute atomic E-state index is 12.5. The summed E-state index contributed by atoms with van der Waals surface area (Å²) in [5, 5.41) is 3.59. The fourth-order valence-electron chi connectivity index (χ4n) is 3.52. The Morgan fingerprint density at radius 3 is 2.32 bits per heavy atom. The SMILES string of the molecule is CC(NC1CCCCC1C)C(=O)N1CCCCCC1. The molecule has 3 heteroatoms. The topological polar surface area (TPSA) is 32.3 Å². The van der Waals surface area contributed by atoms with Crippen molar-refractivity contribution in [2.45, 2.75) is 77.3 Å². The number of likely N-dealkylation sites (tertiary alicyclic amines) is 1. The van der Waals surface area contributed by atoms with Gasteiger partial charge in [0.1, 0.15) is 0 Å². The summed E-state index contributed by atoms with van der Waals surface area (Å²) in [6.07, 6.45) is 10.1. The molecule has 1 saturated carbocycles. The molecule has 1 heterocycles. The molecule has 0 spiro atoms. The second kappa shape index (κ2) is 7.28.